The van der Waals surface area contributed by atoms with Crippen molar-refractivity contribution >= 4 is 11.6 Å². The molecule has 28 heavy (non-hydrogen) atoms. The van der Waals surface area contributed by atoms with Crippen molar-refractivity contribution < 1.29 is 4.74 Å². The summed E-state index contributed by atoms with van der Waals surface area (Å²) in [7, 11) is 1.64. The Hall–Kier alpha value is -3.56. The lowest BCUT2D eigenvalue weighted by molar-refractivity contribution is 0.415. The predicted molar refractivity (Wildman–Crippen MR) is 105 cm³/mol. The van der Waals surface area contributed by atoms with Gasteiger partial charge in [0.2, 0.25) is 0 Å². The predicted octanol–water partition coefficient (Wildman–Crippen LogP) is 3.42. The Morgan fingerprint density at radius 3 is 2.75 bits per heavy atom. The van der Waals surface area contributed by atoms with E-state index in [0.717, 1.165) is 39.8 Å². The third kappa shape index (κ3) is 2.73. The van der Waals surface area contributed by atoms with Gasteiger partial charge in [-0.25, -0.2) is 9.67 Å². The first-order valence-corrected chi connectivity index (χ1v) is 9.03. The van der Waals surface area contributed by atoms with Crippen LogP contribution in [-0.2, 0) is 6.42 Å². The van der Waals surface area contributed by atoms with Gasteiger partial charge >= 0.3 is 0 Å². The molecule has 2 aromatic heterocycles. The number of benzene rings is 2. The van der Waals surface area contributed by atoms with Crippen LogP contribution < -0.4 is 4.74 Å². The molecule has 0 atom stereocenters. The standard InChI is InChI=1S/C21H14ClN5O/c1-28-17-6-2-14(3-7-17)4-8-18-20-11-16-12-24-25-27(16)21-10-15(22)5-9-19(21)26(20)13-23-18/h2-3,5-7,9-10,12-13H,11H2,1H3. The van der Waals surface area contributed by atoms with E-state index in [1.54, 1.807) is 19.6 Å². The first-order valence-electron chi connectivity index (χ1n) is 8.65. The third-order valence-electron chi connectivity index (χ3n) is 4.68. The molecule has 0 unspecified atom stereocenters. The van der Waals surface area contributed by atoms with E-state index in [1.165, 1.54) is 0 Å². The van der Waals surface area contributed by atoms with E-state index in [-0.39, 0.29) is 0 Å². The average Bonchev–Trinajstić information content (AvgIpc) is 3.32. The van der Waals surface area contributed by atoms with Gasteiger partial charge in [0.1, 0.15) is 17.8 Å². The molecule has 1 aliphatic heterocycles. The van der Waals surface area contributed by atoms with Crippen LogP contribution in [0, 0.1) is 11.8 Å². The molecule has 1 aliphatic rings. The summed E-state index contributed by atoms with van der Waals surface area (Å²) in [4.78, 5) is 4.55. The van der Waals surface area contributed by atoms with E-state index >= 15 is 0 Å². The van der Waals surface area contributed by atoms with Gasteiger partial charge in [-0.15, -0.1) is 5.10 Å². The fourth-order valence-corrected chi connectivity index (χ4v) is 3.45. The van der Waals surface area contributed by atoms with Crippen molar-refractivity contribution in [1.29, 1.82) is 0 Å². The monoisotopic (exact) mass is 387 g/mol. The summed E-state index contributed by atoms with van der Waals surface area (Å²) in [5.74, 6) is 7.18. The highest BCUT2D eigenvalue weighted by Gasteiger charge is 2.22. The maximum absolute atomic E-state index is 6.22. The number of hydrogen-bond donors (Lipinski definition) is 0. The molecule has 6 nitrogen and oxygen atoms in total. The summed E-state index contributed by atoms with van der Waals surface area (Å²) in [5.41, 5.74) is 5.38. The molecule has 0 N–H and O–H groups in total. The van der Waals surface area contributed by atoms with Gasteiger partial charge in [-0.3, -0.25) is 4.57 Å². The molecule has 0 saturated carbocycles. The Labute approximate surface area is 166 Å². The largest absolute Gasteiger partial charge is 0.497 e. The highest BCUT2D eigenvalue weighted by atomic mass is 35.5. The van der Waals surface area contributed by atoms with E-state index in [1.807, 2.05) is 51.7 Å². The van der Waals surface area contributed by atoms with Crippen LogP contribution in [0.2, 0.25) is 5.02 Å². The second-order valence-electron chi connectivity index (χ2n) is 6.34. The molecule has 136 valence electrons. The molecule has 0 amide bonds. The van der Waals surface area contributed by atoms with E-state index in [4.69, 9.17) is 16.3 Å². The molecule has 2 aromatic carbocycles. The molecular weight excluding hydrogens is 374 g/mol. The summed E-state index contributed by atoms with van der Waals surface area (Å²) in [5, 5.41) is 8.93. The second kappa shape index (κ2) is 6.55. The maximum atomic E-state index is 6.22. The molecule has 0 radical (unpaired) electrons. The van der Waals surface area contributed by atoms with Gasteiger partial charge in [0.05, 0.1) is 36.1 Å². The van der Waals surface area contributed by atoms with Crippen molar-refractivity contribution in [3.63, 3.8) is 0 Å². The number of aromatic nitrogens is 5. The quantitative estimate of drug-likeness (QED) is 0.413. The van der Waals surface area contributed by atoms with Crippen molar-refractivity contribution in [3.8, 4) is 29.0 Å². The Bertz CT molecular complexity index is 1240. The van der Waals surface area contributed by atoms with Crippen molar-refractivity contribution in [1.82, 2.24) is 24.5 Å². The number of nitrogens with zero attached hydrogens (tertiary/aromatic N) is 5. The van der Waals surface area contributed by atoms with Gasteiger partial charge in [0.25, 0.3) is 0 Å². The van der Waals surface area contributed by atoms with E-state index < -0.39 is 0 Å². The van der Waals surface area contributed by atoms with Crippen LogP contribution >= 0.6 is 11.6 Å². The highest BCUT2D eigenvalue weighted by Crippen LogP contribution is 2.30. The maximum Gasteiger partial charge on any atom is 0.135 e. The fraction of sp³-hybridized carbons (Fsp3) is 0.0952. The van der Waals surface area contributed by atoms with Crippen LogP contribution in [0.4, 0.5) is 0 Å². The Balaban J connectivity index is 1.62. The normalized spacial score (nSPS) is 11.5. The zero-order chi connectivity index (χ0) is 19.1. The van der Waals surface area contributed by atoms with Crippen LogP contribution in [0.25, 0.3) is 11.4 Å². The fourth-order valence-electron chi connectivity index (χ4n) is 3.28. The number of imidazole rings is 1. The SMILES string of the molecule is COc1ccc(C#Cc2ncn3c2Cc2cnnn2-c2cc(Cl)ccc2-3)cc1. The molecule has 0 aliphatic carbocycles. The molecule has 3 heterocycles. The van der Waals surface area contributed by atoms with Gasteiger partial charge in [0.15, 0.2) is 0 Å². The zero-order valence-corrected chi connectivity index (χ0v) is 15.7. The molecule has 5 rings (SSSR count). The smallest absolute Gasteiger partial charge is 0.135 e. The molecule has 0 bridgehead atoms. The topological polar surface area (TPSA) is 57.8 Å². The molecule has 0 fully saturated rings. The number of rotatable bonds is 1. The van der Waals surface area contributed by atoms with Crippen LogP contribution in [0.1, 0.15) is 22.6 Å². The van der Waals surface area contributed by atoms with Crippen LogP contribution in [0.5, 0.6) is 5.75 Å². The molecule has 0 spiro atoms. The minimum atomic E-state index is 0.617. The minimum absolute atomic E-state index is 0.617. The van der Waals surface area contributed by atoms with Crippen molar-refractivity contribution in [2.24, 2.45) is 0 Å². The highest BCUT2D eigenvalue weighted by molar-refractivity contribution is 6.30. The molecular formula is C21H14ClN5O. The summed E-state index contributed by atoms with van der Waals surface area (Å²) in [6, 6.07) is 13.3. The molecule has 0 saturated heterocycles. The number of hydrogen-bond acceptors (Lipinski definition) is 4. The van der Waals surface area contributed by atoms with Crippen LogP contribution in [-0.4, -0.2) is 31.7 Å². The summed E-state index contributed by atoms with van der Waals surface area (Å²) < 4.78 is 9.04. The van der Waals surface area contributed by atoms with Crippen LogP contribution in [0.3, 0.4) is 0 Å². The summed E-state index contributed by atoms with van der Waals surface area (Å²) in [6.45, 7) is 0. The van der Waals surface area contributed by atoms with Crippen molar-refractivity contribution in [2.75, 3.05) is 7.11 Å². The van der Waals surface area contributed by atoms with Gasteiger partial charge in [-0.1, -0.05) is 22.7 Å². The van der Waals surface area contributed by atoms with Gasteiger partial charge in [0, 0.05) is 17.0 Å². The number of halogens is 1. The number of ether oxygens (including phenoxy) is 1. The molecule has 4 aromatic rings. The Morgan fingerprint density at radius 1 is 1.07 bits per heavy atom. The first-order chi connectivity index (χ1) is 13.7. The lowest BCUT2D eigenvalue weighted by Crippen LogP contribution is -2.03. The van der Waals surface area contributed by atoms with Crippen molar-refractivity contribution in [3.05, 3.63) is 82.7 Å². The van der Waals surface area contributed by atoms with Gasteiger partial charge < -0.3 is 4.74 Å². The van der Waals surface area contributed by atoms with E-state index in [9.17, 15) is 0 Å². The molecule has 7 heteroatoms. The average molecular weight is 388 g/mol. The lowest BCUT2D eigenvalue weighted by atomic mass is 10.1. The van der Waals surface area contributed by atoms with Gasteiger partial charge in [-0.2, -0.15) is 0 Å². The zero-order valence-electron chi connectivity index (χ0n) is 14.9. The second-order valence-corrected chi connectivity index (χ2v) is 6.77. The van der Waals surface area contributed by atoms with Gasteiger partial charge in [-0.05, 0) is 48.4 Å². The summed E-state index contributed by atoms with van der Waals surface area (Å²) >= 11 is 6.22. The van der Waals surface area contributed by atoms with E-state index in [0.29, 0.717) is 11.4 Å². The Morgan fingerprint density at radius 2 is 1.93 bits per heavy atom. The number of methoxy groups -OCH3 is 1. The van der Waals surface area contributed by atoms with Crippen molar-refractivity contribution in [2.45, 2.75) is 6.42 Å². The minimum Gasteiger partial charge on any atom is -0.497 e. The lowest BCUT2D eigenvalue weighted by Gasteiger charge is -2.09. The Kier molecular flexibility index (Phi) is 3.89. The number of fused-ring (bicyclic) bond motifs is 5. The summed E-state index contributed by atoms with van der Waals surface area (Å²) in [6.07, 6.45) is 4.17. The van der Waals surface area contributed by atoms with Crippen LogP contribution in [0.15, 0.2) is 55.0 Å². The third-order valence-corrected chi connectivity index (χ3v) is 4.91. The van der Waals surface area contributed by atoms with E-state index in [2.05, 4.69) is 27.1 Å². The first kappa shape index (κ1) is 16.6.